The lowest BCUT2D eigenvalue weighted by molar-refractivity contribution is -0.480. The van der Waals surface area contributed by atoms with Gasteiger partial charge in [-0.3, -0.25) is 14.9 Å². The number of hydrogen-bond donors (Lipinski definition) is 0. The maximum absolute atomic E-state index is 11.3. The van der Waals surface area contributed by atoms with Gasteiger partial charge in [-0.05, 0) is 6.42 Å². The van der Waals surface area contributed by atoms with Gasteiger partial charge in [0.2, 0.25) is 6.54 Å². The number of ketones is 1. The molecule has 0 rings (SSSR count). The summed E-state index contributed by atoms with van der Waals surface area (Å²) in [7, 11) is 0. The normalized spacial score (nSPS) is 11.3. The van der Waals surface area contributed by atoms with Gasteiger partial charge in [0.1, 0.15) is 5.78 Å². The van der Waals surface area contributed by atoms with Crippen molar-refractivity contribution in [2.75, 3.05) is 6.54 Å². The smallest absolute Gasteiger partial charge is 0.203 e. The molecule has 0 saturated carbocycles. The molecule has 0 aromatic carbocycles. The van der Waals surface area contributed by atoms with E-state index in [0.717, 1.165) is 0 Å². The molecule has 0 N–H and O–H groups in total. The first-order chi connectivity index (χ1) is 5.84. The van der Waals surface area contributed by atoms with E-state index in [-0.39, 0.29) is 22.7 Å². The Balaban J connectivity index is 3.55. The first-order valence-corrected chi connectivity index (χ1v) is 4.49. The maximum Gasteiger partial charge on any atom is 0.203 e. The number of Topliss-reactive ketones (excluding diaryl/α,β-unsaturated/α-hetero) is 1. The largest absolute Gasteiger partial charge is 0.299 e. The van der Waals surface area contributed by atoms with Crippen LogP contribution in [0.25, 0.3) is 0 Å². The van der Waals surface area contributed by atoms with Crippen LogP contribution in [0.2, 0.25) is 0 Å². The minimum atomic E-state index is -0.346. The molecular formula is C9H17NO3. The van der Waals surface area contributed by atoms with E-state index in [9.17, 15) is 14.9 Å². The average Bonchev–Trinajstić information content (AvgIpc) is 1.95. The number of rotatable bonds is 5. The number of unbranched alkanes of at least 4 members (excludes halogenated alkanes) is 1. The van der Waals surface area contributed by atoms with E-state index in [1.165, 1.54) is 0 Å². The van der Waals surface area contributed by atoms with Crippen molar-refractivity contribution in [3.63, 3.8) is 0 Å². The van der Waals surface area contributed by atoms with Crippen LogP contribution in [-0.2, 0) is 4.79 Å². The van der Waals surface area contributed by atoms with Crippen LogP contribution in [0.1, 0.15) is 40.0 Å². The van der Waals surface area contributed by atoms with Gasteiger partial charge in [-0.1, -0.05) is 20.8 Å². The van der Waals surface area contributed by atoms with Gasteiger partial charge in [-0.25, -0.2) is 0 Å². The van der Waals surface area contributed by atoms with E-state index >= 15 is 0 Å². The van der Waals surface area contributed by atoms with Crippen molar-refractivity contribution in [1.29, 1.82) is 0 Å². The molecular weight excluding hydrogens is 170 g/mol. The Labute approximate surface area is 78.5 Å². The molecule has 0 aliphatic heterocycles. The third kappa shape index (κ3) is 6.25. The number of nitrogens with zero attached hydrogens (tertiary/aromatic N) is 1. The second-order valence-corrected chi connectivity index (χ2v) is 4.19. The van der Waals surface area contributed by atoms with Gasteiger partial charge in [0.25, 0.3) is 0 Å². The summed E-state index contributed by atoms with van der Waals surface area (Å²) in [4.78, 5) is 21.0. The number of carbonyl (C=O) groups is 1. The van der Waals surface area contributed by atoms with Crippen LogP contribution in [0.3, 0.4) is 0 Å². The Bertz CT molecular complexity index is 194. The molecule has 0 atom stereocenters. The van der Waals surface area contributed by atoms with Crippen molar-refractivity contribution in [3.05, 3.63) is 10.1 Å². The number of nitro groups is 1. The third-order valence-corrected chi connectivity index (χ3v) is 1.83. The lowest BCUT2D eigenvalue weighted by Crippen LogP contribution is -2.19. The summed E-state index contributed by atoms with van der Waals surface area (Å²) in [6.07, 6.45) is 1.57. The van der Waals surface area contributed by atoms with E-state index in [1.54, 1.807) is 0 Å². The third-order valence-electron chi connectivity index (χ3n) is 1.83. The highest BCUT2D eigenvalue weighted by Gasteiger charge is 2.20. The second kappa shape index (κ2) is 4.94. The molecule has 0 aromatic rings. The summed E-state index contributed by atoms with van der Waals surface area (Å²) in [5, 5.41) is 9.96. The van der Waals surface area contributed by atoms with Crippen molar-refractivity contribution < 1.29 is 9.72 Å². The predicted octanol–water partition coefficient (Wildman–Crippen LogP) is 2.05. The summed E-state index contributed by atoms with van der Waals surface area (Å²) in [5.74, 6) is 0.177. The SMILES string of the molecule is CC(C)(C)C(=O)CCCC[N+](=O)[O-]. The van der Waals surface area contributed by atoms with Crippen molar-refractivity contribution in [1.82, 2.24) is 0 Å². The van der Waals surface area contributed by atoms with Crippen LogP contribution in [0, 0.1) is 15.5 Å². The Hall–Kier alpha value is -0.930. The van der Waals surface area contributed by atoms with E-state index in [0.29, 0.717) is 19.3 Å². The molecule has 13 heavy (non-hydrogen) atoms. The molecule has 76 valence electrons. The van der Waals surface area contributed by atoms with E-state index in [4.69, 9.17) is 0 Å². The zero-order chi connectivity index (χ0) is 10.5. The highest BCUT2D eigenvalue weighted by atomic mass is 16.6. The second-order valence-electron chi connectivity index (χ2n) is 4.19. The molecule has 0 spiro atoms. The Kier molecular flexibility index (Phi) is 4.59. The Morgan fingerprint density at radius 3 is 2.23 bits per heavy atom. The molecule has 0 radical (unpaired) electrons. The molecule has 0 heterocycles. The van der Waals surface area contributed by atoms with Gasteiger partial charge >= 0.3 is 0 Å². The maximum atomic E-state index is 11.3. The van der Waals surface area contributed by atoms with Gasteiger partial charge in [-0.2, -0.15) is 0 Å². The molecule has 0 fully saturated rings. The minimum Gasteiger partial charge on any atom is -0.299 e. The zero-order valence-corrected chi connectivity index (χ0v) is 8.50. The summed E-state index contributed by atoms with van der Waals surface area (Å²) < 4.78 is 0. The van der Waals surface area contributed by atoms with Gasteiger partial charge in [0.15, 0.2) is 0 Å². The quantitative estimate of drug-likeness (QED) is 0.376. The molecule has 4 nitrogen and oxygen atoms in total. The molecule has 0 aromatic heterocycles. The highest BCUT2D eigenvalue weighted by molar-refractivity contribution is 5.83. The topological polar surface area (TPSA) is 60.2 Å². The van der Waals surface area contributed by atoms with Gasteiger partial charge < -0.3 is 0 Å². The van der Waals surface area contributed by atoms with Crippen LogP contribution in [0.4, 0.5) is 0 Å². The molecule has 0 aliphatic carbocycles. The Morgan fingerprint density at radius 1 is 1.31 bits per heavy atom. The van der Waals surface area contributed by atoms with Gasteiger partial charge in [0, 0.05) is 23.2 Å². The van der Waals surface area contributed by atoms with Gasteiger partial charge in [-0.15, -0.1) is 0 Å². The molecule has 4 heteroatoms. The monoisotopic (exact) mass is 187 g/mol. The molecule has 0 aliphatic rings. The van der Waals surface area contributed by atoms with Crippen molar-refractivity contribution in [2.45, 2.75) is 40.0 Å². The molecule has 0 saturated heterocycles. The molecule has 0 amide bonds. The Morgan fingerprint density at radius 2 is 1.85 bits per heavy atom. The summed E-state index contributed by atoms with van der Waals surface area (Å²) >= 11 is 0. The minimum absolute atomic E-state index is 0.0303. The van der Waals surface area contributed by atoms with E-state index < -0.39 is 0 Å². The van der Waals surface area contributed by atoms with E-state index in [1.807, 2.05) is 20.8 Å². The van der Waals surface area contributed by atoms with Crippen molar-refractivity contribution in [3.8, 4) is 0 Å². The fourth-order valence-electron chi connectivity index (χ4n) is 0.901. The number of carbonyl (C=O) groups excluding carboxylic acids is 1. The first-order valence-electron chi connectivity index (χ1n) is 4.49. The lowest BCUT2D eigenvalue weighted by Gasteiger charge is -2.15. The molecule has 0 bridgehead atoms. The summed E-state index contributed by atoms with van der Waals surface area (Å²) in [6.45, 7) is 5.56. The average molecular weight is 187 g/mol. The first kappa shape index (κ1) is 12.1. The van der Waals surface area contributed by atoms with Crippen molar-refractivity contribution in [2.24, 2.45) is 5.41 Å². The fraction of sp³-hybridized carbons (Fsp3) is 0.889. The summed E-state index contributed by atoms with van der Waals surface area (Å²) in [5.41, 5.74) is -0.311. The van der Waals surface area contributed by atoms with Gasteiger partial charge in [0.05, 0.1) is 0 Å². The predicted molar refractivity (Wildman–Crippen MR) is 50.2 cm³/mol. The fourth-order valence-corrected chi connectivity index (χ4v) is 0.901. The van der Waals surface area contributed by atoms with Crippen LogP contribution >= 0.6 is 0 Å². The lowest BCUT2D eigenvalue weighted by atomic mass is 9.88. The zero-order valence-electron chi connectivity index (χ0n) is 8.50. The van der Waals surface area contributed by atoms with Crippen LogP contribution in [0.15, 0.2) is 0 Å². The van der Waals surface area contributed by atoms with Crippen molar-refractivity contribution >= 4 is 5.78 Å². The number of hydrogen-bond acceptors (Lipinski definition) is 3. The van der Waals surface area contributed by atoms with Crippen LogP contribution in [0.5, 0.6) is 0 Å². The van der Waals surface area contributed by atoms with E-state index in [2.05, 4.69) is 0 Å². The highest BCUT2D eigenvalue weighted by Crippen LogP contribution is 2.17. The van der Waals surface area contributed by atoms with Crippen LogP contribution < -0.4 is 0 Å². The molecule has 0 unspecified atom stereocenters. The van der Waals surface area contributed by atoms with Crippen LogP contribution in [-0.4, -0.2) is 17.3 Å². The standard InChI is InChI=1S/C9H17NO3/c1-9(2,3)8(11)6-4-5-7-10(12)13/h4-7H2,1-3H3. The summed E-state index contributed by atoms with van der Waals surface area (Å²) in [6, 6.07) is 0.